The minimum Gasteiger partial charge on any atom is -0.504 e. The Morgan fingerprint density at radius 1 is 0.921 bits per heavy atom. The van der Waals surface area contributed by atoms with Crippen LogP contribution in [0.4, 0.5) is 0 Å². The highest BCUT2D eigenvalue weighted by molar-refractivity contribution is 5.52. The van der Waals surface area contributed by atoms with Crippen molar-refractivity contribution in [2.75, 3.05) is 21.0 Å². The molecule has 0 saturated heterocycles. The summed E-state index contributed by atoms with van der Waals surface area (Å²) in [5, 5.41) is 40.9. The number of phenolic OH excluding ortho intramolecular Hbond substituents is 2. The summed E-state index contributed by atoms with van der Waals surface area (Å²) >= 11 is 0. The number of hydrogen-bond acceptors (Lipinski definition) is 8. The SMILES string of the molecule is CC[C@H](Cc1ccc(O)c(OC2CCCCC2)c1)[C@@H](C[C@@H](O)CCc1cc(OC)c(O)c(OC)c1)OCO. The van der Waals surface area contributed by atoms with Crippen LogP contribution in [-0.4, -0.2) is 59.8 Å². The first kappa shape index (κ1) is 29.9. The number of ether oxygens (including phenoxy) is 4. The minimum atomic E-state index is -0.656. The molecule has 3 atom stereocenters. The maximum absolute atomic E-state index is 10.9. The Bertz CT molecular complexity index is 963. The van der Waals surface area contributed by atoms with Gasteiger partial charge in [0.15, 0.2) is 23.0 Å². The van der Waals surface area contributed by atoms with Gasteiger partial charge >= 0.3 is 0 Å². The first-order valence-electron chi connectivity index (χ1n) is 13.7. The monoisotopic (exact) mass is 532 g/mol. The number of phenols is 2. The molecule has 0 bridgehead atoms. The summed E-state index contributed by atoms with van der Waals surface area (Å²) in [6.45, 7) is 1.64. The third kappa shape index (κ3) is 8.41. The molecule has 1 saturated carbocycles. The molecule has 2 aromatic carbocycles. The van der Waals surface area contributed by atoms with Crippen molar-refractivity contribution in [1.82, 2.24) is 0 Å². The van der Waals surface area contributed by atoms with Gasteiger partial charge < -0.3 is 39.4 Å². The molecular formula is C30H44O8. The summed E-state index contributed by atoms with van der Waals surface area (Å²) < 4.78 is 22.3. The first-order valence-corrected chi connectivity index (χ1v) is 13.7. The lowest BCUT2D eigenvalue weighted by Crippen LogP contribution is -2.30. The molecule has 0 heterocycles. The van der Waals surface area contributed by atoms with Crippen molar-refractivity contribution in [2.45, 2.75) is 89.4 Å². The van der Waals surface area contributed by atoms with Crippen LogP contribution in [0, 0.1) is 5.92 Å². The number of aryl methyl sites for hydroxylation is 1. The predicted molar refractivity (Wildman–Crippen MR) is 145 cm³/mol. The number of hydrogen-bond donors (Lipinski definition) is 4. The van der Waals surface area contributed by atoms with Gasteiger partial charge in [-0.15, -0.1) is 0 Å². The first-order chi connectivity index (χ1) is 18.4. The smallest absolute Gasteiger partial charge is 0.200 e. The van der Waals surface area contributed by atoms with Gasteiger partial charge in [-0.25, -0.2) is 0 Å². The van der Waals surface area contributed by atoms with Crippen LogP contribution in [0.1, 0.15) is 69.4 Å². The second-order valence-corrected chi connectivity index (χ2v) is 10.2. The molecule has 0 aromatic heterocycles. The molecule has 1 fully saturated rings. The van der Waals surface area contributed by atoms with Crippen molar-refractivity contribution < 1.29 is 39.4 Å². The maximum atomic E-state index is 10.9. The van der Waals surface area contributed by atoms with Crippen LogP contribution < -0.4 is 14.2 Å². The molecule has 1 aliphatic carbocycles. The van der Waals surface area contributed by atoms with E-state index >= 15 is 0 Å². The lowest BCUT2D eigenvalue weighted by molar-refractivity contribution is -0.0897. The lowest BCUT2D eigenvalue weighted by atomic mass is 9.87. The lowest BCUT2D eigenvalue weighted by Gasteiger charge is -2.28. The zero-order valence-electron chi connectivity index (χ0n) is 22.9. The number of rotatable bonds is 15. The van der Waals surface area contributed by atoms with Crippen molar-refractivity contribution >= 4 is 0 Å². The Labute approximate surface area is 226 Å². The summed E-state index contributed by atoms with van der Waals surface area (Å²) in [6, 6.07) is 8.95. The molecule has 4 N–H and O–H groups in total. The topological polar surface area (TPSA) is 118 Å². The van der Waals surface area contributed by atoms with Gasteiger partial charge in [-0.2, -0.15) is 0 Å². The second kappa shape index (κ2) is 15.0. The van der Waals surface area contributed by atoms with E-state index in [0.717, 1.165) is 43.2 Å². The molecule has 0 aliphatic heterocycles. The maximum Gasteiger partial charge on any atom is 0.200 e. The Morgan fingerprint density at radius 2 is 1.58 bits per heavy atom. The van der Waals surface area contributed by atoms with Gasteiger partial charge in [-0.3, -0.25) is 0 Å². The molecule has 2 aromatic rings. The highest BCUT2D eigenvalue weighted by Crippen LogP contribution is 2.38. The molecule has 212 valence electrons. The number of aliphatic hydroxyl groups is 2. The predicted octanol–water partition coefficient (Wildman–Crippen LogP) is 5.11. The van der Waals surface area contributed by atoms with Gasteiger partial charge in [0.05, 0.1) is 32.5 Å². The van der Waals surface area contributed by atoms with Gasteiger partial charge in [0.2, 0.25) is 5.75 Å². The van der Waals surface area contributed by atoms with Gasteiger partial charge in [0.25, 0.3) is 0 Å². The van der Waals surface area contributed by atoms with E-state index in [-0.39, 0.29) is 29.6 Å². The van der Waals surface area contributed by atoms with Crippen molar-refractivity contribution in [2.24, 2.45) is 5.92 Å². The number of aromatic hydroxyl groups is 2. The highest BCUT2D eigenvalue weighted by Gasteiger charge is 2.25. The van der Waals surface area contributed by atoms with Crippen LogP contribution >= 0.6 is 0 Å². The molecule has 0 spiro atoms. The molecule has 38 heavy (non-hydrogen) atoms. The van der Waals surface area contributed by atoms with Crippen LogP contribution in [0.2, 0.25) is 0 Å². The number of benzene rings is 2. The Kier molecular flexibility index (Phi) is 11.8. The summed E-state index contributed by atoms with van der Waals surface area (Å²) in [6.07, 6.45) is 7.55. The van der Waals surface area contributed by atoms with Crippen LogP contribution in [0.3, 0.4) is 0 Å². The normalized spacial score (nSPS) is 16.6. The summed E-state index contributed by atoms with van der Waals surface area (Å²) in [5.74, 6) is 1.31. The fraction of sp³-hybridized carbons (Fsp3) is 0.600. The van der Waals surface area contributed by atoms with E-state index in [1.165, 1.54) is 20.6 Å². The van der Waals surface area contributed by atoms with Crippen molar-refractivity contribution in [3.63, 3.8) is 0 Å². The Balaban J connectivity index is 1.63. The van der Waals surface area contributed by atoms with E-state index in [9.17, 15) is 20.4 Å². The average Bonchev–Trinajstić information content (AvgIpc) is 2.93. The molecule has 8 nitrogen and oxygen atoms in total. The molecule has 0 amide bonds. The van der Waals surface area contributed by atoms with Crippen molar-refractivity contribution in [3.05, 3.63) is 41.5 Å². The van der Waals surface area contributed by atoms with Gasteiger partial charge in [-0.1, -0.05) is 25.8 Å². The van der Waals surface area contributed by atoms with E-state index in [4.69, 9.17) is 18.9 Å². The van der Waals surface area contributed by atoms with E-state index in [2.05, 4.69) is 6.92 Å². The Hall–Kier alpha value is -2.68. The molecule has 8 heteroatoms. The second-order valence-electron chi connectivity index (χ2n) is 10.2. The Morgan fingerprint density at radius 3 is 2.18 bits per heavy atom. The van der Waals surface area contributed by atoms with Gasteiger partial charge in [0.1, 0.15) is 6.79 Å². The third-order valence-corrected chi connectivity index (χ3v) is 7.52. The molecular weight excluding hydrogens is 488 g/mol. The van der Waals surface area contributed by atoms with E-state index in [1.54, 1.807) is 18.2 Å². The number of aliphatic hydroxyl groups excluding tert-OH is 2. The fourth-order valence-electron chi connectivity index (χ4n) is 5.29. The van der Waals surface area contributed by atoms with Crippen LogP contribution in [0.5, 0.6) is 28.7 Å². The van der Waals surface area contributed by atoms with Crippen molar-refractivity contribution in [1.29, 1.82) is 0 Å². The molecule has 3 rings (SSSR count). The zero-order valence-corrected chi connectivity index (χ0v) is 22.9. The average molecular weight is 533 g/mol. The zero-order chi connectivity index (χ0) is 27.5. The summed E-state index contributed by atoms with van der Waals surface area (Å²) in [7, 11) is 2.96. The molecule has 1 aliphatic rings. The van der Waals surface area contributed by atoms with Gasteiger partial charge in [-0.05, 0) is 92.7 Å². The quantitative estimate of drug-likeness (QED) is 0.234. The summed E-state index contributed by atoms with van der Waals surface area (Å²) in [5.41, 5.74) is 1.89. The standard InChI is InChI=1S/C30H44O8/c1-4-22(14-20-11-13-25(33)27(15-20)38-24-8-6-5-7-9-24)26(37-19-31)18-23(32)12-10-21-16-28(35-2)30(34)29(17-21)36-3/h11,13,15-17,22-24,26,31-34H,4-10,12,14,18-19H2,1-3H3/t22-,23+,26-/m1/s1. The van der Waals surface area contributed by atoms with E-state index in [1.807, 2.05) is 12.1 Å². The minimum absolute atomic E-state index is 0.0528. The van der Waals surface area contributed by atoms with E-state index in [0.29, 0.717) is 42.9 Å². The van der Waals surface area contributed by atoms with Crippen LogP contribution in [-0.2, 0) is 17.6 Å². The highest BCUT2D eigenvalue weighted by atomic mass is 16.6. The van der Waals surface area contributed by atoms with E-state index < -0.39 is 12.9 Å². The molecule has 0 unspecified atom stereocenters. The van der Waals surface area contributed by atoms with Crippen molar-refractivity contribution in [3.8, 4) is 28.7 Å². The van der Waals surface area contributed by atoms with Gasteiger partial charge in [0, 0.05) is 0 Å². The number of methoxy groups -OCH3 is 2. The van der Waals surface area contributed by atoms with Crippen LogP contribution in [0.15, 0.2) is 30.3 Å². The molecule has 0 radical (unpaired) electrons. The van der Waals surface area contributed by atoms with Crippen LogP contribution in [0.25, 0.3) is 0 Å². The fourth-order valence-corrected chi connectivity index (χ4v) is 5.29. The largest absolute Gasteiger partial charge is 0.504 e. The third-order valence-electron chi connectivity index (χ3n) is 7.52. The summed E-state index contributed by atoms with van der Waals surface area (Å²) in [4.78, 5) is 0.